The average molecular weight is 546 g/mol. The highest BCUT2D eigenvalue weighted by Crippen LogP contribution is 2.38. The first-order valence-corrected chi connectivity index (χ1v) is 11.9. The molecular formula is C26H19Cl3N2O5. The summed E-state index contributed by atoms with van der Waals surface area (Å²) in [5.41, 5.74) is 1.17. The average Bonchev–Trinajstić information content (AvgIpc) is 2.83. The largest absolute Gasteiger partial charge is 0.490 e. The number of imide groups is 2. The lowest BCUT2D eigenvalue weighted by atomic mass is 10.1. The van der Waals surface area contributed by atoms with Gasteiger partial charge >= 0.3 is 6.03 Å². The van der Waals surface area contributed by atoms with Gasteiger partial charge in [0.15, 0.2) is 11.5 Å². The van der Waals surface area contributed by atoms with Crippen molar-refractivity contribution in [2.45, 2.75) is 13.5 Å². The maximum Gasteiger partial charge on any atom is 0.335 e. The van der Waals surface area contributed by atoms with E-state index in [0.717, 1.165) is 10.5 Å². The number of urea groups is 1. The summed E-state index contributed by atoms with van der Waals surface area (Å²) in [6, 6.07) is 15.6. The number of barbiturate groups is 1. The number of benzene rings is 3. The molecule has 0 bridgehead atoms. The summed E-state index contributed by atoms with van der Waals surface area (Å²) in [7, 11) is 0. The van der Waals surface area contributed by atoms with Gasteiger partial charge in [0.1, 0.15) is 12.2 Å². The fraction of sp³-hybridized carbons (Fsp3) is 0.115. The SMILES string of the molecule is CCOc1cc(/C=C2\C(=O)NC(=O)N(c3ccc(Cl)cc3)C2=O)cc(Cl)c1OCc1ccccc1Cl. The van der Waals surface area contributed by atoms with Gasteiger partial charge < -0.3 is 9.47 Å². The number of nitrogens with zero attached hydrogens (tertiary/aromatic N) is 1. The van der Waals surface area contributed by atoms with Crippen molar-refractivity contribution in [3.63, 3.8) is 0 Å². The molecule has 1 aliphatic rings. The molecule has 1 saturated heterocycles. The van der Waals surface area contributed by atoms with E-state index in [1.54, 1.807) is 19.1 Å². The third kappa shape index (κ3) is 5.49. The number of carbonyl (C=O) groups is 3. The van der Waals surface area contributed by atoms with Crippen LogP contribution in [0.25, 0.3) is 6.08 Å². The molecule has 1 aliphatic heterocycles. The van der Waals surface area contributed by atoms with E-state index in [1.165, 1.54) is 36.4 Å². The van der Waals surface area contributed by atoms with Gasteiger partial charge in [-0.05, 0) is 61.0 Å². The molecular weight excluding hydrogens is 527 g/mol. The van der Waals surface area contributed by atoms with Crippen LogP contribution in [0.3, 0.4) is 0 Å². The highest BCUT2D eigenvalue weighted by atomic mass is 35.5. The summed E-state index contributed by atoms with van der Waals surface area (Å²) in [5, 5.41) is 3.37. The Balaban J connectivity index is 1.66. The standard InChI is InChI=1S/C26H19Cl3N2O5/c1-2-35-22-13-15(12-21(29)23(22)36-14-16-5-3-4-6-20(16)28)11-19-24(32)30-26(34)31(25(19)33)18-9-7-17(27)8-10-18/h3-13H,2,14H2,1H3,(H,30,32,34)/b19-11+. The number of ether oxygens (including phenoxy) is 2. The van der Waals surface area contributed by atoms with Crippen LogP contribution in [0, 0.1) is 0 Å². The zero-order chi connectivity index (χ0) is 25.8. The topological polar surface area (TPSA) is 84.9 Å². The lowest BCUT2D eigenvalue weighted by Crippen LogP contribution is -2.54. The number of hydrogen-bond acceptors (Lipinski definition) is 5. The minimum atomic E-state index is -0.860. The smallest absolute Gasteiger partial charge is 0.335 e. The molecule has 10 heteroatoms. The highest BCUT2D eigenvalue weighted by Gasteiger charge is 2.36. The summed E-state index contributed by atoms with van der Waals surface area (Å²) in [6.07, 6.45) is 1.33. The Bertz CT molecular complexity index is 1370. The minimum absolute atomic E-state index is 0.152. The van der Waals surface area contributed by atoms with E-state index in [0.29, 0.717) is 28.0 Å². The fourth-order valence-corrected chi connectivity index (χ4v) is 4.08. The number of anilines is 1. The summed E-state index contributed by atoms with van der Waals surface area (Å²) in [5.74, 6) is -1.02. The van der Waals surface area contributed by atoms with Crippen molar-refractivity contribution in [1.29, 1.82) is 0 Å². The maximum absolute atomic E-state index is 13.1. The Hall–Kier alpha value is -3.52. The second-order valence-corrected chi connectivity index (χ2v) is 8.83. The van der Waals surface area contributed by atoms with E-state index in [9.17, 15) is 14.4 Å². The van der Waals surface area contributed by atoms with Crippen molar-refractivity contribution in [3.05, 3.63) is 92.4 Å². The number of rotatable bonds is 7. The number of halogens is 3. The van der Waals surface area contributed by atoms with Crippen LogP contribution in [0.5, 0.6) is 11.5 Å². The van der Waals surface area contributed by atoms with E-state index in [1.807, 2.05) is 18.2 Å². The number of hydrogen-bond donors (Lipinski definition) is 1. The minimum Gasteiger partial charge on any atom is -0.490 e. The Morgan fingerprint density at radius 3 is 2.33 bits per heavy atom. The van der Waals surface area contributed by atoms with Crippen LogP contribution < -0.4 is 19.7 Å². The van der Waals surface area contributed by atoms with Gasteiger partial charge in [-0.3, -0.25) is 14.9 Å². The van der Waals surface area contributed by atoms with Gasteiger partial charge in [0.2, 0.25) is 0 Å². The molecule has 4 rings (SSSR count). The molecule has 3 aromatic rings. The molecule has 0 atom stereocenters. The Morgan fingerprint density at radius 1 is 0.917 bits per heavy atom. The third-order valence-corrected chi connectivity index (χ3v) is 6.06. The van der Waals surface area contributed by atoms with Crippen molar-refractivity contribution >= 4 is 64.4 Å². The molecule has 7 nitrogen and oxygen atoms in total. The lowest BCUT2D eigenvalue weighted by Gasteiger charge is -2.26. The molecule has 1 fully saturated rings. The van der Waals surface area contributed by atoms with Gasteiger partial charge in [0.05, 0.1) is 17.3 Å². The summed E-state index contributed by atoms with van der Waals surface area (Å²) in [4.78, 5) is 38.9. The summed E-state index contributed by atoms with van der Waals surface area (Å²) in [6.45, 7) is 2.26. The van der Waals surface area contributed by atoms with Crippen LogP contribution in [0.1, 0.15) is 18.1 Å². The molecule has 0 aliphatic carbocycles. The molecule has 3 aromatic carbocycles. The van der Waals surface area contributed by atoms with E-state index in [2.05, 4.69) is 5.32 Å². The first-order valence-electron chi connectivity index (χ1n) is 10.8. The van der Waals surface area contributed by atoms with Gasteiger partial charge in [-0.1, -0.05) is 53.0 Å². The number of nitrogens with one attached hydrogen (secondary N) is 1. The van der Waals surface area contributed by atoms with Crippen LogP contribution in [-0.2, 0) is 16.2 Å². The quantitative estimate of drug-likeness (QED) is 0.279. The van der Waals surface area contributed by atoms with E-state index in [-0.39, 0.29) is 28.6 Å². The molecule has 36 heavy (non-hydrogen) atoms. The van der Waals surface area contributed by atoms with Crippen LogP contribution >= 0.6 is 34.8 Å². The second kappa shape index (κ2) is 11.0. The predicted octanol–water partition coefficient (Wildman–Crippen LogP) is 6.29. The van der Waals surface area contributed by atoms with Gasteiger partial charge in [-0.25, -0.2) is 9.69 Å². The highest BCUT2D eigenvalue weighted by molar-refractivity contribution is 6.39. The van der Waals surface area contributed by atoms with Crippen LogP contribution in [0.4, 0.5) is 10.5 Å². The molecule has 1 N–H and O–H groups in total. The van der Waals surface area contributed by atoms with E-state index < -0.39 is 17.8 Å². The van der Waals surface area contributed by atoms with Gasteiger partial charge in [0, 0.05) is 15.6 Å². The monoisotopic (exact) mass is 544 g/mol. The fourth-order valence-electron chi connectivity index (χ4n) is 3.49. The molecule has 0 spiro atoms. The van der Waals surface area contributed by atoms with Crippen molar-refractivity contribution in [3.8, 4) is 11.5 Å². The van der Waals surface area contributed by atoms with Crippen LogP contribution in [0.15, 0.2) is 66.2 Å². The van der Waals surface area contributed by atoms with E-state index >= 15 is 0 Å². The Kier molecular flexibility index (Phi) is 7.84. The number of amides is 4. The first kappa shape index (κ1) is 25.6. The first-order chi connectivity index (χ1) is 17.3. The molecule has 184 valence electrons. The third-order valence-electron chi connectivity index (χ3n) is 5.16. The van der Waals surface area contributed by atoms with Crippen molar-refractivity contribution in [1.82, 2.24) is 5.32 Å². The van der Waals surface area contributed by atoms with Crippen molar-refractivity contribution in [2.24, 2.45) is 0 Å². The molecule has 0 unspecified atom stereocenters. The van der Waals surface area contributed by atoms with Gasteiger partial charge in [-0.15, -0.1) is 0 Å². The Labute approximate surface area is 222 Å². The molecule has 0 radical (unpaired) electrons. The van der Waals surface area contributed by atoms with Crippen LogP contribution in [0.2, 0.25) is 15.1 Å². The zero-order valence-electron chi connectivity index (χ0n) is 18.9. The Morgan fingerprint density at radius 2 is 1.64 bits per heavy atom. The van der Waals surface area contributed by atoms with Crippen molar-refractivity contribution in [2.75, 3.05) is 11.5 Å². The van der Waals surface area contributed by atoms with Crippen molar-refractivity contribution < 1.29 is 23.9 Å². The second-order valence-electron chi connectivity index (χ2n) is 7.58. The molecule has 1 heterocycles. The van der Waals surface area contributed by atoms with Crippen LogP contribution in [-0.4, -0.2) is 24.5 Å². The number of carbonyl (C=O) groups excluding carboxylic acids is 3. The summed E-state index contributed by atoms with van der Waals surface area (Å²) < 4.78 is 11.6. The van der Waals surface area contributed by atoms with E-state index in [4.69, 9.17) is 44.3 Å². The predicted molar refractivity (Wildman–Crippen MR) is 139 cm³/mol. The molecule has 0 saturated carbocycles. The maximum atomic E-state index is 13.1. The summed E-state index contributed by atoms with van der Waals surface area (Å²) >= 11 is 18.6. The lowest BCUT2D eigenvalue weighted by molar-refractivity contribution is -0.122. The molecule has 4 amide bonds. The normalized spacial score (nSPS) is 14.7. The molecule has 0 aromatic heterocycles. The van der Waals surface area contributed by atoms with Gasteiger partial charge in [0.25, 0.3) is 11.8 Å². The van der Waals surface area contributed by atoms with Gasteiger partial charge in [-0.2, -0.15) is 0 Å². The zero-order valence-corrected chi connectivity index (χ0v) is 21.2.